The van der Waals surface area contributed by atoms with Gasteiger partial charge in [-0.1, -0.05) is 42.5 Å². The number of hydrogen-bond acceptors (Lipinski definition) is 2. The minimum Gasteiger partial charge on any atom is -0.338 e. The number of amides is 1. The Balaban J connectivity index is 1.71. The summed E-state index contributed by atoms with van der Waals surface area (Å²) in [4.78, 5) is 14.6. The number of rotatable bonds is 7. The molecule has 0 radical (unpaired) electrons. The molecule has 3 rings (SSSR count). The molecule has 0 saturated heterocycles. The van der Waals surface area contributed by atoms with E-state index in [9.17, 15) is 13.6 Å². The molecule has 132 valence electrons. The van der Waals surface area contributed by atoms with E-state index in [1.54, 1.807) is 11.0 Å². The predicted molar refractivity (Wildman–Crippen MR) is 92.7 cm³/mol. The maximum Gasteiger partial charge on any atom is 0.226 e. The molecular weight excluding hydrogens is 322 g/mol. The lowest BCUT2D eigenvalue weighted by Gasteiger charge is -2.23. The number of hydrogen-bond donors (Lipinski definition) is 1. The Labute approximate surface area is 146 Å². The molecule has 0 aromatic heterocycles. The van der Waals surface area contributed by atoms with Gasteiger partial charge in [-0.25, -0.2) is 8.78 Å². The summed E-state index contributed by atoms with van der Waals surface area (Å²) in [5, 5.41) is 0. The standard InChI is InChI=1S/C20H22F2N2O/c21-18-9-4-8-15(19(18)22)16-12-17(16)20(25)24(11-5-10-23)13-14-6-2-1-3-7-14/h1-4,6-9,16-17H,5,10-13,23H2. The van der Waals surface area contributed by atoms with Crippen molar-refractivity contribution in [3.05, 3.63) is 71.3 Å². The average Bonchev–Trinajstić information content (AvgIpc) is 3.42. The lowest BCUT2D eigenvalue weighted by atomic mass is 10.1. The van der Waals surface area contributed by atoms with E-state index in [-0.39, 0.29) is 17.7 Å². The Kier molecular flexibility index (Phi) is 5.43. The van der Waals surface area contributed by atoms with Crippen LogP contribution in [0.2, 0.25) is 0 Å². The first-order valence-electron chi connectivity index (χ1n) is 8.58. The van der Waals surface area contributed by atoms with Gasteiger partial charge in [0.2, 0.25) is 5.91 Å². The highest BCUT2D eigenvalue weighted by molar-refractivity contribution is 5.83. The lowest BCUT2D eigenvalue weighted by molar-refractivity contribution is -0.133. The first-order valence-corrected chi connectivity index (χ1v) is 8.58. The molecule has 2 N–H and O–H groups in total. The number of carbonyl (C=O) groups is 1. The zero-order chi connectivity index (χ0) is 17.8. The number of nitrogens with zero attached hydrogens (tertiary/aromatic N) is 1. The van der Waals surface area contributed by atoms with Crippen molar-refractivity contribution >= 4 is 5.91 Å². The first-order chi connectivity index (χ1) is 12.1. The summed E-state index contributed by atoms with van der Waals surface area (Å²) in [5.74, 6) is -2.22. The summed E-state index contributed by atoms with van der Waals surface area (Å²) in [6.07, 6.45) is 1.28. The predicted octanol–water partition coefficient (Wildman–Crippen LogP) is 3.45. The van der Waals surface area contributed by atoms with Gasteiger partial charge in [-0.05, 0) is 42.5 Å². The summed E-state index contributed by atoms with van der Waals surface area (Å²) in [7, 11) is 0. The van der Waals surface area contributed by atoms with Crippen molar-refractivity contribution in [2.24, 2.45) is 11.7 Å². The van der Waals surface area contributed by atoms with Crippen LogP contribution in [-0.2, 0) is 11.3 Å². The van der Waals surface area contributed by atoms with Crippen LogP contribution in [0.15, 0.2) is 48.5 Å². The third-order valence-electron chi connectivity index (χ3n) is 4.65. The molecule has 1 fully saturated rings. The Morgan fingerprint density at radius 1 is 1.12 bits per heavy atom. The van der Waals surface area contributed by atoms with Crippen LogP contribution in [-0.4, -0.2) is 23.9 Å². The van der Waals surface area contributed by atoms with Crippen LogP contribution in [0.25, 0.3) is 0 Å². The molecule has 2 aromatic carbocycles. The van der Waals surface area contributed by atoms with E-state index in [2.05, 4.69) is 0 Å². The Bertz CT molecular complexity index is 736. The molecule has 0 heterocycles. The van der Waals surface area contributed by atoms with Gasteiger partial charge in [-0.15, -0.1) is 0 Å². The van der Waals surface area contributed by atoms with Crippen molar-refractivity contribution in [1.29, 1.82) is 0 Å². The van der Waals surface area contributed by atoms with Crippen LogP contribution < -0.4 is 5.73 Å². The van der Waals surface area contributed by atoms with Gasteiger partial charge in [-0.3, -0.25) is 4.79 Å². The van der Waals surface area contributed by atoms with Gasteiger partial charge < -0.3 is 10.6 Å². The minimum absolute atomic E-state index is 0.00837. The summed E-state index contributed by atoms with van der Waals surface area (Å²) >= 11 is 0. The quantitative estimate of drug-likeness (QED) is 0.836. The second-order valence-corrected chi connectivity index (χ2v) is 6.48. The van der Waals surface area contributed by atoms with E-state index < -0.39 is 11.6 Å². The molecule has 1 amide bonds. The van der Waals surface area contributed by atoms with Crippen LogP contribution in [0, 0.1) is 17.6 Å². The smallest absolute Gasteiger partial charge is 0.226 e. The topological polar surface area (TPSA) is 46.3 Å². The van der Waals surface area contributed by atoms with Crippen LogP contribution in [0.4, 0.5) is 8.78 Å². The second-order valence-electron chi connectivity index (χ2n) is 6.48. The van der Waals surface area contributed by atoms with Crippen molar-refractivity contribution in [3.63, 3.8) is 0 Å². The SMILES string of the molecule is NCCCN(Cc1ccccc1)C(=O)C1CC1c1cccc(F)c1F. The summed E-state index contributed by atoms with van der Waals surface area (Å²) in [6, 6.07) is 13.9. The molecule has 0 bridgehead atoms. The summed E-state index contributed by atoms with van der Waals surface area (Å²) < 4.78 is 27.4. The van der Waals surface area contributed by atoms with E-state index in [1.165, 1.54) is 6.07 Å². The molecule has 0 aliphatic heterocycles. The van der Waals surface area contributed by atoms with Crippen LogP contribution in [0.3, 0.4) is 0 Å². The Hall–Kier alpha value is -2.27. The normalized spacial score (nSPS) is 18.8. The van der Waals surface area contributed by atoms with Crippen molar-refractivity contribution in [3.8, 4) is 0 Å². The van der Waals surface area contributed by atoms with Gasteiger partial charge in [0, 0.05) is 19.0 Å². The molecule has 2 unspecified atom stereocenters. The number of benzene rings is 2. The van der Waals surface area contributed by atoms with E-state index in [0.29, 0.717) is 38.0 Å². The van der Waals surface area contributed by atoms with Crippen LogP contribution >= 0.6 is 0 Å². The largest absolute Gasteiger partial charge is 0.338 e. The van der Waals surface area contributed by atoms with Crippen molar-refractivity contribution in [2.45, 2.75) is 25.3 Å². The molecule has 1 saturated carbocycles. The fourth-order valence-corrected chi connectivity index (χ4v) is 3.21. The second kappa shape index (κ2) is 7.74. The molecule has 1 aliphatic carbocycles. The summed E-state index contributed by atoms with van der Waals surface area (Å²) in [5.41, 5.74) is 6.93. The number of nitrogens with two attached hydrogens (primary N) is 1. The molecule has 2 aromatic rings. The van der Waals surface area contributed by atoms with Crippen molar-refractivity contribution < 1.29 is 13.6 Å². The van der Waals surface area contributed by atoms with E-state index in [1.807, 2.05) is 30.3 Å². The highest BCUT2D eigenvalue weighted by Gasteiger charge is 2.47. The van der Waals surface area contributed by atoms with Gasteiger partial charge >= 0.3 is 0 Å². The van der Waals surface area contributed by atoms with Crippen molar-refractivity contribution in [1.82, 2.24) is 4.90 Å². The number of halogens is 2. The fourth-order valence-electron chi connectivity index (χ4n) is 3.21. The van der Waals surface area contributed by atoms with Gasteiger partial charge in [0.25, 0.3) is 0 Å². The number of carbonyl (C=O) groups excluding carboxylic acids is 1. The van der Waals surface area contributed by atoms with Crippen molar-refractivity contribution in [2.75, 3.05) is 13.1 Å². The molecule has 3 nitrogen and oxygen atoms in total. The van der Waals surface area contributed by atoms with Crippen LogP contribution in [0.1, 0.15) is 29.9 Å². The minimum atomic E-state index is -0.861. The molecular formula is C20H22F2N2O. The Morgan fingerprint density at radius 3 is 2.60 bits per heavy atom. The molecule has 0 spiro atoms. The first kappa shape index (κ1) is 17.5. The van der Waals surface area contributed by atoms with E-state index in [4.69, 9.17) is 5.73 Å². The van der Waals surface area contributed by atoms with Gasteiger partial charge in [0.1, 0.15) is 0 Å². The lowest BCUT2D eigenvalue weighted by Crippen LogP contribution is -2.34. The molecule has 1 aliphatic rings. The van der Waals surface area contributed by atoms with Crippen LogP contribution in [0.5, 0.6) is 0 Å². The maximum absolute atomic E-state index is 14.0. The molecule has 2 atom stereocenters. The highest BCUT2D eigenvalue weighted by atomic mass is 19.2. The van der Waals surface area contributed by atoms with Gasteiger partial charge in [0.15, 0.2) is 11.6 Å². The Morgan fingerprint density at radius 2 is 1.88 bits per heavy atom. The zero-order valence-corrected chi connectivity index (χ0v) is 14.0. The van der Waals surface area contributed by atoms with Gasteiger partial charge in [-0.2, -0.15) is 0 Å². The maximum atomic E-state index is 14.0. The fraction of sp³-hybridized carbons (Fsp3) is 0.350. The third-order valence-corrected chi connectivity index (χ3v) is 4.65. The van der Waals surface area contributed by atoms with E-state index in [0.717, 1.165) is 11.6 Å². The summed E-state index contributed by atoms with van der Waals surface area (Å²) in [6.45, 7) is 1.58. The molecule has 5 heteroatoms. The monoisotopic (exact) mass is 344 g/mol. The molecule has 25 heavy (non-hydrogen) atoms. The third kappa shape index (κ3) is 4.04. The van der Waals surface area contributed by atoms with Gasteiger partial charge in [0.05, 0.1) is 0 Å². The van der Waals surface area contributed by atoms with E-state index >= 15 is 0 Å². The zero-order valence-electron chi connectivity index (χ0n) is 14.0. The highest BCUT2D eigenvalue weighted by Crippen LogP contribution is 2.49. The average molecular weight is 344 g/mol.